The summed E-state index contributed by atoms with van der Waals surface area (Å²) in [5.74, 6) is -1.23. The van der Waals surface area contributed by atoms with Crippen molar-refractivity contribution in [2.75, 3.05) is 0 Å². The molecule has 5 nitrogen and oxygen atoms in total. The van der Waals surface area contributed by atoms with Crippen LogP contribution in [0.5, 0.6) is 0 Å². The fraction of sp³-hybridized carbons (Fsp3) is 0.846. The van der Waals surface area contributed by atoms with Crippen molar-refractivity contribution in [3.63, 3.8) is 0 Å². The maximum Gasteiger partial charge on any atom is 0.410 e. The molecule has 0 unspecified atom stereocenters. The summed E-state index contributed by atoms with van der Waals surface area (Å²) < 4.78 is 5.38. The highest BCUT2D eigenvalue weighted by molar-refractivity contribution is 5.75. The lowest BCUT2D eigenvalue weighted by molar-refractivity contribution is -0.145. The topological polar surface area (TPSA) is 66.8 Å². The van der Waals surface area contributed by atoms with Crippen molar-refractivity contribution in [2.24, 2.45) is 5.92 Å². The zero-order valence-electron chi connectivity index (χ0n) is 11.2. The highest BCUT2D eigenvalue weighted by atomic mass is 16.6. The second-order valence-corrected chi connectivity index (χ2v) is 6.21. The van der Waals surface area contributed by atoms with Gasteiger partial charge in [0.05, 0.1) is 5.92 Å². The summed E-state index contributed by atoms with van der Waals surface area (Å²) in [6, 6.07) is -0.0171. The first-order chi connectivity index (χ1) is 8.29. The van der Waals surface area contributed by atoms with Crippen molar-refractivity contribution in [2.45, 2.75) is 64.1 Å². The Kier molecular flexibility index (Phi) is 3.25. The van der Waals surface area contributed by atoms with E-state index in [1.165, 1.54) is 0 Å². The van der Waals surface area contributed by atoms with Gasteiger partial charge >= 0.3 is 12.1 Å². The normalized spacial score (nSPS) is 31.3. The molecule has 0 aromatic rings. The lowest BCUT2D eigenvalue weighted by Crippen LogP contribution is -2.51. The number of hydrogen-bond acceptors (Lipinski definition) is 3. The predicted molar refractivity (Wildman–Crippen MR) is 65.2 cm³/mol. The van der Waals surface area contributed by atoms with Crippen LogP contribution in [0.15, 0.2) is 0 Å². The van der Waals surface area contributed by atoms with Crippen LogP contribution in [0.4, 0.5) is 4.79 Å². The SMILES string of the molecule is CC(C)(C)OC(=O)N1[C@@H]2CC[C@@H]1[C@H](C(=O)O)CC2. The van der Waals surface area contributed by atoms with Gasteiger partial charge in [-0.3, -0.25) is 4.79 Å². The van der Waals surface area contributed by atoms with Crippen LogP contribution in [-0.2, 0) is 9.53 Å². The molecule has 2 bridgehead atoms. The third-order valence-corrected chi connectivity index (χ3v) is 3.74. The van der Waals surface area contributed by atoms with Crippen molar-refractivity contribution >= 4 is 12.1 Å². The maximum absolute atomic E-state index is 12.2. The Morgan fingerprint density at radius 1 is 1.17 bits per heavy atom. The standard InChI is InChI=1S/C13H21NO4/c1-13(2,3)18-12(17)14-8-4-6-9(11(15)16)10(14)7-5-8/h8-10H,4-7H2,1-3H3,(H,15,16)/t8-,9+,10+/m0/s1. The van der Waals surface area contributed by atoms with Crippen LogP contribution >= 0.6 is 0 Å². The van der Waals surface area contributed by atoms with Crippen LogP contribution in [0, 0.1) is 5.92 Å². The fourth-order valence-corrected chi connectivity index (χ4v) is 3.04. The molecule has 5 heteroatoms. The molecule has 0 aromatic heterocycles. The molecule has 0 saturated carbocycles. The van der Waals surface area contributed by atoms with Gasteiger partial charge in [-0.15, -0.1) is 0 Å². The second kappa shape index (κ2) is 4.44. The van der Waals surface area contributed by atoms with Gasteiger partial charge in [0.15, 0.2) is 0 Å². The molecule has 2 heterocycles. The predicted octanol–water partition coefficient (Wildman–Crippen LogP) is 2.25. The van der Waals surface area contributed by atoms with Crippen LogP contribution in [0.3, 0.4) is 0 Å². The Balaban J connectivity index is 2.13. The van der Waals surface area contributed by atoms with E-state index in [0.29, 0.717) is 6.42 Å². The molecular weight excluding hydrogens is 234 g/mol. The van der Waals surface area contributed by atoms with Crippen molar-refractivity contribution in [3.8, 4) is 0 Å². The summed E-state index contributed by atoms with van der Waals surface area (Å²) in [4.78, 5) is 25.0. The smallest absolute Gasteiger partial charge is 0.410 e. The quantitative estimate of drug-likeness (QED) is 0.780. The van der Waals surface area contributed by atoms with Crippen LogP contribution in [0.25, 0.3) is 0 Å². The number of carboxylic acids is 1. The summed E-state index contributed by atoms with van der Waals surface area (Å²) in [7, 11) is 0. The van der Waals surface area contributed by atoms with E-state index in [9.17, 15) is 14.7 Å². The molecule has 2 saturated heterocycles. The molecule has 0 radical (unpaired) electrons. The third kappa shape index (κ3) is 2.44. The third-order valence-electron chi connectivity index (χ3n) is 3.74. The number of ether oxygens (including phenoxy) is 1. The van der Waals surface area contributed by atoms with Gasteiger partial charge in [-0.2, -0.15) is 0 Å². The number of amides is 1. The zero-order chi connectivity index (χ0) is 13.5. The van der Waals surface area contributed by atoms with Gasteiger partial charge in [-0.25, -0.2) is 4.79 Å². The highest BCUT2D eigenvalue weighted by Gasteiger charge is 2.48. The number of carbonyl (C=O) groups excluding carboxylic acids is 1. The monoisotopic (exact) mass is 255 g/mol. The molecule has 1 N–H and O–H groups in total. The van der Waals surface area contributed by atoms with Gasteiger partial charge in [0.25, 0.3) is 0 Å². The average Bonchev–Trinajstić information content (AvgIpc) is 2.49. The summed E-state index contributed by atoms with van der Waals surface area (Å²) in [5.41, 5.74) is -0.535. The number of carboxylic acid groups (broad SMARTS) is 1. The fourth-order valence-electron chi connectivity index (χ4n) is 3.04. The molecule has 1 amide bonds. The van der Waals surface area contributed by atoms with E-state index in [1.54, 1.807) is 4.90 Å². The molecule has 102 valence electrons. The van der Waals surface area contributed by atoms with Crippen molar-refractivity contribution in [1.82, 2.24) is 4.90 Å². The van der Waals surface area contributed by atoms with E-state index >= 15 is 0 Å². The molecule has 2 aliphatic rings. The number of hydrogen-bond donors (Lipinski definition) is 1. The van der Waals surface area contributed by atoms with E-state index in [0.717, 1.165) is 19.3 Å². The number of fused-ring (bicyclic) bond motifs is 2. The molecule has 3 atom stereocenters. The Hall–Kier alpha value is -1.26. The Labute approximate surface area is 107 Å². The minimum atomic E-state index is -0.797. The van der Waals surface area contributed by atoms with Gasteiger partial charge < -0.3 is 14.7 Å². The lowest BCUT2D eigenvalue weighted by Gasteiger charge is -2.38. The Bertz CT molecular complexity index is 360. The summed E-state index contributed by atoms with van der Waals surface area (Å²) in [6.07, 6.45) is 2.76. The first kappa shape index (κ1) is 13.2. The van der Waals surface area contributed by atoms with Gasteiger partial charge in [-0.05, 0) is 46.5 Å². The lowest BCUT2D eigenvalue weighted by atomic mass is 9.90. The number of carbonyl (C=O) groups is 2. The number of piperidine rings is 1. The number of nitrogens with zero attached hydrogens (tertiary/aromatic N) is 1. The second-order valence-electron chi connectivity index (χ2n) is 6.21. The molecular formula is C13H21NO4. The molecule has 2 fully saturated rings. The van der Waals surface area contributed by atoms with Crippen LogP contribution in [0.1, 0.15) is 46.5 Å². The van der Waals surface area contributed by atoms with E-state index in [-0.39, 0.29) is 18.2 Å². The van der Waals surface area contributed by atoms with Gasteiger partial charge in [0.1, 0.15) is 5.60 Å². The van der Waals surface area contributed by atoms with Crippen LogP contribution in [0.2, 0.25) is 0 Å². The van der Waals surface area contributed by atoms with Crippen molar-refractivity contribution in [1.29, 1.82) is 0 Å². The van der Waals surface area contributed by atoms with Gasteiger partial charge in [0, 0.05) is 12.1 Å². The van der Waals surface area contributed by atoms with E-state index < -0.39 is 17.5 Å². The van der Waals surface area contributed by atoms with E-state index in [4.69, 9.17) is 4.74 Å². The Morgan fingerprint density at radius 3 is 2.33 bits per heavy atom. The number of rotatable bonds is 1. The first-order valence-corrected chi connectivity index (χ1v) is 6.54. The largest absolute Gasteiger partial charge is 0.481 e. The molecule has 18 heavy (non-hydrogen) atoms. The van der Waals surface area contributed by atoms with Crippen molar-refractivity contribution in [3.05, 3.63) is 0 Å². The minimum absolute atomic E-state index is 0.167. The average molecular weight is 255 g/mol. The summed E-state index contributed by atoms with van der Waals surface area (Å²) in [6.45, 7) is 5.47. The number of aliphatic carboxylic acids is 1. The van der Waals surface area contributed by atoms with Gasteiger partial charge in [-0.1, -0.05) is 0 Å². The molecule has 2 rings (SSSR count). The molecule has 2 aliphatic heterocycles. The van der Waals surface area contributed by atoms with E-state index in [1.807, 2.05) is 20.8 Å². The summed E-state index contributed by atoms with van der Waals surface area (Å²) in [5, 5.41) is 9.21. The summed E-state index contributed by atoms with van der Waals surface area (Å²) >= 11 is 0. The first-order valence-electron chi connectivity index (χ1n) is 6.54. The van der Waals surface area contributed by atoms with Crippen molar-refractivity contribution < 1.29 is 19.4 Å². The minimum Gasteiger partial charge on any atom is -0.481 e. The highest BCUT2D eigenvalue weighted by Crippen LogP contribution is 2.40. The zero-order valence-corrected chi connectivity index (χ0v) is 11.2. The Morgan fingerprint density at radius 2 is 1.78 bits per heavy atom. The van der Waals surface area contributed by atoms with E-state index in [2.05, 4.69) is 0 Å². The maximum atomic E-state index is 12.2. The molecule has 0 aliphatic carbocycles. The van der Waals surface area contributed by atoms with Crippen LogP contribution < -0.4 is 0 Å². The molecule has 0 spiro atoms. The van der Waals surface area contributed by atoms with Gasteiger partial charge in [0.2, 0.25) is 0 Å². The van der Waals surface area contributed by atoms with Crippen LogP contribution in [-0.4, -0.2) is 39.8 Å². The molecule has 0 aromatic carbocycles.